The number of benzene rings is 1. The molecule has 1 aliphatic rings. The van der Waals surface area contributed by atoms with Gasteiger partial charge in [0.15, 0.2) is 0 Å². The molecule has 1 aromatic rings. The number of sulfonamides is 1. The largest absolute Gasteiger partial charge is 0.240 e. The molecule has 2 unspecified atom stereocenters. The Labute approximate surface area is 109 Å². The van der Waals surface area contributed by atoms with E-state index in [1.807, 2.05) is 0 Å². The molecule has 6 heteroatoms. The predicted molar refractivity (Wildman–Crippen MR) is 67.1 cm³/mol. The molecule has 0 amide bonds. The minimum absolute atomic E-state index is 0.0240. The van der Waals surface area contributed by atoms with Gasteiger partial charge >= 0.3 is 0 Å². The third kappa shape index (κ3) is 3.05. The maximum absolute atomic E-state index is 13.0. The minimum atomic E-state index is -3.62. The summed E-state index contributed by atoms with van der Waals surface area (Å²) in [5.74, 6) is -0.547. The smallest absolute Gasteiger partial charge is 0.207 e. The molecule has 1 fully saturated rings. The van der Waals surface area contributed by atoms with Crippen LogP contribution in [-0.4, -0.2) is 19.3 Å². The number of rotatable bonds is 3. The Kier molecular flexibility index (Phi) is 3.85. The molecule has 94 valence electrons. The fraction of sp³-hybridized carbons (Fsp3) is 0.455. The summed E-state index contributed by atoms with van der Waals surface area (Å²) in [6, 6.07) is 4.93. The highest BCUT2D eigenvalue weighted by atomic mass is 79.9. The van der Waals surface area contributed by atoms with Gasteiger partial charge in [-0.05, 0) is 31.0 Å². The van der Waals surface area contributed by atoms with Gasteiger partial charge in [-0.3, -0.25) is 0 Å². The second-order valence-electron chi connectivity index (χ2n) is 4.13. The number of halogens is 2. The fourth-order valence-corrected chi connectivity index (χ4v) is 4.19. The van der Waals surface area contributed by atoms with Gasteiger partial charge in [-0.25, -0.2) is 17.5 Å². The number of hydrogen-bond donors (Lipinski definition) is 1. The first kappa shape index (κ1) is 13.0. The third-order valence-electron chi connectivity index (χ3n) is 2.84. The monoisotopic (exact) mass is 321 g/mol. The van der Waals surface area contributed by atoms with Gasteiger partial charge in [0.2, 0.25) is 10.0 Å². The minimum Gasteiger partial charge on any atom is -0.207 e. The molecule has 1 N–H and O–H groups in total. The van der Waals surface area contributed by atoms with Gasteiger partial charge in [0.25, 0.3) is 0 Å². The van der Waals surface area contributed by atoms with E-state index < -0.39 is 15.8 Å². The molecule has 0 heterocycles. The van der Waals surface area contributed by atoms with E-state index in [1.165, 1.54) is 18.2 Å². The molecule has 0 aliphatic heterocycles. The fourth-order valence-electron chi connectivity index (χ4n) is 1.95. The van der Waals surface area contributed by atoms with Crippen LogP contribution in [0.5, 0.6) is 0 Å². The van der Waals surface area contributed by atoms with Gasteiger partial charge in [-0.1, -0.05) is 28.4 Å². The quantitative estimate of drug-likeness (QED) is 0.869. The molecule has 0 radical (unpaired) electrons. The molecule has 3 nitrogen and oxygen atoms in total. The van der Waals surface area contributed by atoms with Crippen molar-refractivity contribution in [1.29, 1.82) is 0 Å². The topological polar surface area (TPSA) is 46.2 Å². The maximum Gasteiger partial charge on any atom is 0.240 e. The first-order valence-corrected chi connectivity index (χ1v) is 7.81. The van der Waals surface area contributed by atoms with Crippen LogP contribution in [0.4, 0.5) is 4.39 Å². The van der Waals surface area contributed by atoms with E-state index in [0.717, 1.165) is 25.3 Å². The maximum atomic E-state index is 13.0. The van der Waals surface area contributed by atoms with Crippen molar-refractivity contribution in [2.45, 2.75) is 35.0 Å². The molecular formula is C11H13BrFNO2S. The molecule has 1 aromatic carbocycles. The Hall–Kier alpha value is -0.460. The highest BCUT2D eigenvalue weighted by Gasteiger charge is 2.29. The SMILES string of the molecule is O=S(=O)(NC1CCCC1Br)c1cccc(F)c1. The van der Waals surface area contributed by atoms with Gasteiger partial charge in [0.1, 0.15) is 5.82 Å². The lowest BCUT2D eigenvalue weighted by molar-refractivity contribution is 0.554. The zero-order chi connectivity index (χ0) is 12.5. The van der Waals surface area contributed by atoms with Crippen molar-refractivity contribution >= 4 is 26.0 Å². The van der Waals surface area contributed by atoms with Gasteiger partial charge in [0.05, 0.1) is 4.90 Å². The van der Waals surface area contributed by atoms with Crippen LogP contribution in [-0.2, 0) is 10.0 Å². The predicted octanol–water partition coefficient (Wildman–Crippen LogP) is 2.42. The Morgan fingerprint density at radius 2 is 2.12 bits per heavy atom. The summed E-state index contributed by atoms with van der Waals surface area (Å²) in [6.07, 6.45) is 2.76. The van der Waals surface area contributed by atoms with Crippen molar-refractivity contribution in [3.8, 4) is 0 Å². The van der Waals surface area contributed by atoms with Crippen LogP contribution in [0.15, 0.2) is 29.2 Å². The second-order valence-corrected chi connectivity index (χ2v) is 7.02. The molecule has 0 aromatic heterocycles. The van der Waals surface area contributed by atoms with Gasteiger partial charge in [-0.15, -0.1) is 0 Å². The molecule has 2 atom stereocenters. The van der Waals surface area contributed by atoms with Crippen LogP contribution in [0.25, 0.3) is 0 Å². The van der Waals surface area contributed by atoms with Gasteiger partial charge in [-0.2, -0.15) is 0 Å². The summed E-state index contributed by atoms with van der Waals surface area (Å²) in [6.45, 7) is 0. The molecule has 17 heavy (non-hydrogen) atoms. The molecule has 1 saturated carbocycles. The molecule has 1 aliphatic carbocycles. The van der Waals surface area contributed by atoms with E-state index in [4.69, 9.17) is 0 Å². The average Bonchev–Trinajstić information content (AvgIpc) is 2.64. The zero-order valence-electron chi connectivity index (χ0n) is 9.07. The number of alkyl halides is 1. The van der Waals surface area contributed by atoms with Crippen LogP contribution >= 0.6 is 15.9 Å². The zero-order valence-corrected chi connectivity index (χ0v) is 11.5. The van der Waals surface area contributed by atoms with Crippen molar-refractivity contribution < 1.29 is 12.8 Å². The number of hydrogen-bond acceptors (Lipinski definition) is 2. The highest BCUT2D eigenvalue weighted by Crippen LogP contribution is 2.27. The number of nitrogens with one attached hydrogen (secondary N) is 1. The summed E-state index contributed by atoms with van der Waals surface area (Å²) >= 11 is 3.44. The van der Waals surface area contributed by atoms with Crippen LogP contribution in [0.3, 0.4) is 0 Å². The van der Waals surface area contributed by atoms with E-state index in [-0.39, 0.29) is 15.8 Å². The lowest BCUT2D eigenvalue weighted by atomic mass is 10.3. The molecule has 0 bridgehead atoms. The second kappa shape index (κ2) is 5.04. The van der Waals surface area contributed by atoms with Gasteiger partial charge in [0, 0.05) is 10.9 Å². The standard InChI is InChI=1S/C11H13BrFNO2S/c12-10-5-2-6-11(10)14-17(15,16)9-4-1-3-8(13)7-9/h1,3-4,7,10-11,14H,2,5-6H2. The summed E-state index contributed by atoms with van der Waals surface area (Å²) < 4.78 is 39.6. The van der Waals surface area contributed by atoms with Crippen molar-refractivity contribution in [2.24, 2.45) is 0 Å². The van der Waals surface area contributed by atoms with E-state index in [2.05, 4.69) is 20.7 Å². The average molecular weight is 322 g/mol. The Morgan fingerprint density at radius 3 is 2.71 bits per heavy atom. The normalized spacial score (nSPS) is 25.1. The summed E-state index contributed by atoms with van der Waals surface area (Å²) in [4.78, 5) is 0.134. The first-order valence-electron chi connectivity index (χ1n) is 5.41. The van der Waals surface area contributed by atoms with E-state index in [1.54, 1.807) is 0 Å². The van der Waals surface area contributed by atoms with Crippen molar-refractivity contribution in [2.75, 3.05) is 0 Å². The molecular weight excluding hydrogens is 309 g/mol. The lowest BCUT2D eigenvalue weighted by Crippen LogP contribution is -2.37. The lowest BCUT2D eigenvalue weighted by Gasteiger charge is -2.16. The molecule has 0 spiro atoms. The van der Waals surface area contributed by atoms with Crippen LogP contribution < -0.4 is 4.72 Å². The van der Waals surface area contributed by atoms with Crippen molar-refractivity contribution in [3.05, 3.63) is 30.1 Å². The van der Waals surface area contributed by atoms with Gasteiger partial charge < -0.3 is 0 Å². The summed E-state index contributed by atoms with van der Waals surface area (Å²) in [7, 11) is -3.62. The Bertz CT molecular complexity index is 506. The summed E-state index contributed by atoms with van der Waals surface area (Å²) in [5.41, 5.74) is 0. The van der Waals surface area contributed by atoms with Crippen molar-refractivity contribution in [3.63, 3.8) is 0 Å². The van der Waals surface area contributed by atoms with Crippen LogP contribution in [0.1, 0.15) is 19.3 Å². The third-order valence-corrected chi connectivity index (χ3v) is 5.43. The van der Waals surface area contributed by atoms with E-state index in [0.29, 0.717) is 0 Å². The van der Waals surface area contributed by atoms with E-state index in [9.17, 15) is 12.8 Å². The molecule has 0 saturated heterocycles. The Morgan fingerprint density at radius 1 is 1.35 bits per heavy atom. The summed E-state index contributed by atoms with van der Waals surface area (Å²) in [5, 5.41) is 0. The molecule has 2 rings (SSSR count). The first-order chi connectivity index (χ1) is 7.99. The Balaban J connectivity index is 2.19. The highest BCUT2D eigenvalue weighted by molar-refractivity contribution is 9.09. The van der Waals surface area contributed by atoms with Crippen molar-refractivity contribution in [1.82, 2.24) is 4.72 Å². The van der Waals surface area contributed by atoms with Crippen LogP contribution in [0.2, 0.25) is 0 Å². The van der Waals surface area contributed by atoms with Crippen LogP contribution in [0, 0.1) is 5.82 Å². The van der Waals surface area contributed by atoms with E-state index >= 15 is 0 Å².